The number of nitrogens with zero attached hydrogens (tertiary/aromatic N) is 1. The van der Waals surface area contributed by atoms with E-state index in [4.69, 9.17) is 16.3 Å². The number of ether oxygens (including phenoxy) is 1. The van der Waals surface area contributed by atoms with E-state index >= 15 is 0 Å². The molecular weight excluding hydrogens is 392 g/mol. The number of para-hydroxylation sites is 1. The first kappa shape index (κ1) is 20.9. The zero-order valence-electron chi connectivity index (χ0n) is 16.2. The van der Waals surface area contributed by atoms with Gasteiger partial charge in [-0.1, -0.05) is 37.1 Å². The van der Waals surface area contributed by atoms with Gasteiger partial charge in [0.1, 0.15) is 0 Å². The summed E-state index contributed by atoms with van der Waals surface area (Å²) in [7, 11) is 0. The number of anilines is 2. The minimum Gasteiger partial charge on any atom is -0.462 e. The highest BCUT2D eigenvalue weighted by atomic mass is 35.5. The van der Waals surface area contributed by atoms with Crippen molar-refractivity contribution in [2.45, 2.75) is 26.2 Å². The lowest BCUT2D eigenvalue weighted by molar-refractivity contribution is -0.122. The summed E-state index contributed by atoms with van der Waals surface area (Å²) in [6, 6.07) is 13.6. The first-order valence-electron chi connectivity index (χ1n) is 9.62. The maximum atomic E-state index is 12.6. The molecule has 1 fully saturated rings. The number of carbonyl (C=O) groups is 3. The van der Waals surface area contributed by atoms with Crippen LogP contribution in [0.4, 0.5) is 11.4 Å². The van der Waals surface area contributed by atoms with Crippen LogP contribution in [0.15, 0.2) is 48.5 Å². The summed E-state index contributed by atoms with van der Waals surface area (Å²) in [5.74, 6) is -1.24. The second-order valence-electron chi connectivity index (χ2n) is 6.91. The Kier molecular flexibility index (Phi) is 6.88. The lowest BCUT2D eigenvalue weighted by Gasteiger charge is -2.18. The zero-order valence-corrected chi connectivity index (χ0v) is 16.9. The molecule has 0 saturated carbocycles. The molecule has 2 aromatic carbocycles. The predicted octanol–water partition coefficient (Wildman–Crippen LogP) is 4.29. The van der Waals surface area contributed by atoms with Crippen LogP contribution in [0.2, 0.25) is 5.02 Å². The molecule has 0 bridgehead atoms. The average Bonchev–Trinajstić information content (AvgIpc) is 3.10. The summed E-state index contributed by atoms with van der Waals surface area (Å²) in [5, 5.41) is 3.28. The van der Waals surface area contributed by atoms with Gasteiger partial charge >= 0.3 is 5.97 Å². The molecule has 6 nitrogen and oxygen atoms in total. The van der Waals surface area contributed by atoms with Crippen molar-refractivity contribution < 1.29 is 19.1 Å². The summed E-state index contributed by atoms with van der Waals surface area (Å²) in [6.45, 7) is 2.69. The van der Waals surface area contributed by atoms with Crippen LogP contribution >= 0.6 is 11.6 Å². The summed E-state index contributed by atoms with van der Waals surface area (Å²) in [4.78, 5) is 38.4. The van der Waals surface area contributed by atoms with Gasteiger partial charge in [0, 0.05) is 18.7 Å². The van der Waals surface area contributed by atoms with Crippen LogP contribution in [0.3, 0.4) is 0 Å². The molecule has 0 aliphatic carbocycles. The lowest BCUT2D eigenvalue weighted by atomic mass is 10.1. The number of carbonyl (C=O) groups excluding carboxylic acids is 3. The van der Waals surface area contributed by atoms with E-state index in [1.54, 1.807) is 53.4 Å². The fraction of sp³-hybridized carbons (Fsp3) is 0.318. The van der Waals surface area contributed by atoms with Crippen molar-refractivity contribution in [3.63, 3.8) is 0 Å². The molecule has 2 aromatic rings. The van der Waals surface area contributed by atoms with Crippen LogP contribution in [0.5, 0.6) is 0 Å². The van der Waals surface area contributed by atoms with Gasteiger partial charge in [-0.3, -0.25) is 9.59 Å². The van der Waals surface area contributed by atoms with E-state index in [1.165, 1.54) is 0 Å². The summed E-state index contributed by atoms with van der Waals surface area (Å²) in [6.07, 6.45) is 1.90. The highest BCUT2D eigenvalue weighted by molar-refractivity contribution is 6.33. The summed E-state index contributed by atoms with van der Waals surface area (Å²) >= 11 is 6.17. The van der Waals surface area contributed by atoms with E-state index in [0.717, 1.165) is 12.8 Å². The van der Waals surface area contributed by atoms with Crippen molar-refractivity contribution in [3.8, 4) is 0 Å². The number of hydrogen-bond acceptors (Lipinski definition) is 4. The monoisotopic (exact) mass is 414 g/mol. The molecule has 1 aliphatic heterocycles. The van der Waals surface area contributed by atoms with Gasteiger partial charge in [0.2, 0.25) is 11.8 Å². The van der Waals surface area contributed by atoms with Gasteiger partial charge in [-0.15, -0.1) is 0 Å². The molecule has 0 radical (unpaired) electrons. The van der Waals surface area contributed by atoms with Crippen LogP contribution in [0.25, 0.3) is 0 Å². The molecule has 0 unspecified atom stereocenters. The Hall–Kier alpha value is -2.86. The van der Waals surface area contributed by atoms with Crippen molar-refractivity contribution in [2.24, 2.45) is 5.92 Å². The van der Waals surface area contributed by atoms with Gasteiger partial charge < -0.3 is 15.0 Å². The second kappa shape index (κ2) is 9.56. The van der Waals surface area contributed by atoms with Gasteiger partial charge in [-0.2, -0.15) is 0 Å². The molecule has 0 spiro atoms. The number of esters is 1. The number of amides is 2. The Balaban J connectivity index is 1.58. The smallest absolute Gasteiger partial charge is 0.338 e. The van der Waals surface area contributed by atoms with Crippen LogP contribution in [0.1, 0.15) is 36.5 Å². The van der Waals surface area contributed by atoms with E-state index in [0.29, 0.717) is 28.6 Å². The minimum absolute atomic E-state index is 0.124. The highest BCUT2D eigenvalue weighted by Gasteiger charge is 2.35. The Labute approximate surface area is 174 Å². The molecule has 3 rings (SSSR count). The number of rotatable bonds is 7. The highest BCUT2D eigenvalue weighted by Crippen LogP contribution is 2.31. The van der Waals surface area contributed by atoms with Gasteiger partial charge in [0.15, 0.2) is 0 Å². The normalized spacial score (nSPS) is 16.0. The number of hydrogen-bond donors (Lipinski definition) is 1. The fourth-order valence-electron chi connectivity index (χ4n) is 3.11. The predicted molar refractivity (Wildman–Crippen MR) is 112 cm³/mol. The molecule has 1 heterocycles. The maximum Gasteiger partial charge on any atom is 0.338 e. The van der Waals surface area contributed by atoms with Crippen LogP contribution < -0.4 is 10.2 Å². The molecule has 1 saturated heterocycles. The Morgan fingerprint density at radius 2 is 1.90 bits per heavy atom. The fourth-order valence-corrected chi connectivity index (χ4v) is 3.35. The van der Waals surface area contributed by atoms with Crippen LogP contribution in [0, 0.1) is 5.92 Å². The number of unbranched alkanes of at least 4 members (excludes halogenated alkanes) is 1. The molecule has 152 valence electrons. The molecule has 2 amide bonds. The number of nitrogens with one attached hydrogen (secondary N) is 1. The number of halogens is 1. The molecular formula is C22H23ClN2O4. The lowest BCUT2D eigenvalue weighted by Crippen LogP contribution is -2.28. The van der Waals surface area contributed by atoms with E-state index in [9.17, 15) is 14.4 Å². The van der Waals surface area contributed by atoms with Crippen molar-refractivity contribution in [1.82, 2.24) is 0 Å². The SMILES string of the molecule is CCCCOC(=O)c1ccc(NC(=O)[C@H]2CC(=O)N(c3ccccc3Cl)C2)cc1. The van der Waals surface area contributed by atoms with E-state index in [-0.39, 0.29) is 30.7 Å². The third-order valence-corrected chi connectivity index (χ3v) is 5.08. The van der Waals surface area contributed by atoms with Gasteiger partial charge in [-0.25, -0.2) is 4.79 Å². The largest absolute Gasteiger partial charge is 0.462 e. The van der Waals surface area contributed by atoms with Crippen LogP contribution in [-0.2, 0) is 14.3 Å². The summed E-state index contributed by atoms with van der Waals surface area (Å²) < 4.78 is 5.17. The third kappa shape index (κ3) is 5.15. The minimum atomic E-state index is -0.475. The molecule has 1 N–H and O–H groups in total. The quantitative estimate of drug-likeness (QED) is 0.541. The summed E-state index contributed by atoms with van der Waals surface area (Å²) in [5.41, 5.74) is 1.60. The van der Waals surface area contributed by atoms with E-state index < -0.39 is 5.92 Å². The van der Waals surface area contributed by atoms with Gasteiger partial charge in [-0.05, 0) is 42.8 Å². The Morgan fingerprint density at radius 1 is 1.17 bits per heavy atom. The van der Waals surface area contributed by atoms with E-state index in [1.807, 2.05) is 6.92 Å². The molecule has 0 aromatic heterocycles. The molecule has 1 atom stereocenters. The molecule has 7 heteroatoms. The Bertz CT molecular complexity index is 898. The second-order valence-corrected chi connectivity index (χ2v) is 7.32. The topological polar surface area (TPSA) is 75.7 Å². The third-order valence-electron chi connectivity index (χ3n) is 4.76. The van der Waals surface area contributed by atoms with Crippen molar-refractivity contribution in [3.05, 3.63) is 59.1 Å². The average molecular weight is 415 g/mol. The van der Waals surface area contributed by atoms with Crippen molar-refractivity contribution in [2.75, 3.05) is 23.4 Å². The first-order chi connectivity index (χ1) is 14.0. The molecule has 29 heavy (non-hydrogen) atoms. The molecule has 1 aliphatic rings. The van der Waals surface area contributed by atoms with E-state index in [2.05, 4.69) is 5.32 Å². The zero-order chi connectivity index (χ0) is 20.8. The standard InChI is InChI=1S/C22H23ClN2O4/c1-2-3-12-29-22(28)15-8-10-17(11-9-15)24-21(27)16-13-20(26)25(14-16)19-7-5-4-6-18(19)23/h4-11,16H,2-3,12-14H2,1H3,(H,24,27)/t16-/m0/s1. The maximum absolute atomic E-state index is 12.6. The van der Waals surface area contributed by atoms with Crippen molar-refractivity contribution in [1.29, 1.82) is 0 Å². The van der Waals surface area contributed by atoms with Gasteiger partial charge in [0.25, 0.3) is 0 Å². The van der Waals surface area contributed by atoms with Crippen LogP contribution in [-0.4, -0.2) is 30.9 Å². The van der Waals surface area contributed by atoms with Crippen molar-refractivity contribution >= 4 is 40.8 Å². The van der Waals surface area contributed by atoms with Gasteiger partial charge in [0.05, 0.1) is 28.8 Å². The Morgan fingerprint density at radius 3 is 2.59 bits per heavy atom. The number of benzene rings is 2. The first-order valence-corrected chi connectivity index (χ1v) is 10.0.